The first-order valence-corrected chi connectivity index (χ1v) is 12.8. The van der Waals surface area contributed by atoms with Crippen LogP contribution in [0.3, 0.4) is 0 Å². The van der Waals surface area contributed by atoms with Crippen LogP contribution >= 0.6 is 0 Å². The van der Waals surface area contributed by atoms with Crippen molar-refractivity contribution in [3.8, 4) is 12.3 Å². The highest BCUT2D eigenvalue weighted by Gasteiger charge is 2.30. The molecule has 2 aromatic heterocycles. The van der Waals surface area contributed by atoms with Crippen LogP contribution in [0.2, 0.25) is 0 Å². The minimum atomic E-state index is -1.14. The molecule has 1 aliphatic heterocycles. The maximum absolute atomic E-state index is 13.5. The van der Waals surface area contributed by atoms with Crippen molar-refractivity contribution in [3.63, 3.8) is 0 Å². The third-order valence-corrected chi connectivity index (χ3v) is 5.93. The second-order valence-electron chi connectivity index (χ2n) is 10.4. The first-order valence-electron chi connectivity index (χ1n) is 12.8. The molecule has 2 aromatic rings. The molecule has 0 aromatic carbocycles. The van der Waals surface area contributed by atoms with Gasteiger partial charge in [-0.3, -0.25) is 19.2 Å². The Morgan fingerprint density at radius 2 is 2.10 bits per heavy atom. The molecule has 1 fully saturated rings. The number of esters is 1. The summed E-state index contributed by atoms with van der Waals surface area (Å²) in [5, 5.41) is 11.7. The van der Waals surface area contributed by atoms with Gasteiger partial charge in [-0.15, -0.1) is 12.3 Å². The SMILES string of the molecule is C#CC[C@@H](C(=O)N[C@H](/C=C/C(=O)OC(C)(C)C)C[C@@H]1CCNC1=O)n1cccc(NC(=O)c2cc(C)on2)c1=O. The molecule has 0 unspecified atom stereocenters. The molecule has 12 heteroatoms. The molecular formula is C28H33N5O7. The van der Waals surface area contributed by atoms with E-state index in [0.717, 1.165) is 4.57 Å². The summed E-state index contributed by atoms with van der Waals surface area (Å²) in [4.78, 5) is 63.7. The number of pyridine rings is 1. The van der Waals surface area contributed by atoms with Crippen molar-refractivity contribution in [2.24, 2.45) is 5.92 Å². The molecule has 212 valence electrons. The van der Waals surface area contributed by atoms with Crippen molar-refractivity contribution in [1.82, 2.24) is 20.4 Å². The van der Waals surface area contributed by atoms with Crippen molar-refractivity contribution in [2.45, 2.75) is 64.6 Å². The molecule has 0 radical (unpaired) electrons. The van der Waals surface area contributed by atoms with Gasteiger partial charge in [-0.25, -0.2) is 4.79 Å². The highest BCUT2D eigenvalue weighted by atomic mass is 16.6. The van der Waals surface area contributed by atoms with E-state index >= 15 is 0 Å². The fraction of sp³-hybridized carbons (Fsp3) is 0.429. The number of carbonyl (C=O) groups is 4. The Labute approximate surface area is 231 Å². The van der Waals surface area contributed by atoms with E-state index in [-0.39, 0.29) is 36.0 Å². The number of nitrogens with one attached hydrogen (secondary N) is 3. The number of aromatic nitrogens is 2. The molecule has 1 saturated heterocycles. The largest absolute Gasteiger partial charge is 0.457 e. The second-order valence-corrected chi connectivity index (χ2v) is 10.4. The summed E-state index contributed by atoms with van der Waals surface area (Å²) in [5.41, 5.74) is -1.48. The summed E-state index contributed by atoms with van der Waals surface area (Å²) in [6, 6.07) is 2.42. The Balaban J connectivity index is 1.83. The Morgan fingerprint density at radius 1 is 1.35 bits per heavy atom. The smallest absolute Gasteiger partial charge is 0.331 e. The monoisotopic (exact) mass is 551 g/mol. The van der Waals surface area contributed by atoms with E-state index in [0.29, 0.717) is 18.7 Å². The first kappa shape index (κ1) is 29.9. The second kappa shape index (κ2) is 12.9. The summed E-state index contributed by atoms with van der Waals surface area (Å²) in [5.74, 6) is 0.438. The van der Waals surface area contributed by atoms with Crippen molar-refractivity contribution in [3.05, 3.63) is 58.4 Å². The molecule has 3 N–H and O–H groups in total. The van der Waals surface area contributed by atoms with Gasteiger partial charge in [0.1, 0.15) is 23.1 Å². The van der Waals surface area contributed by atoms with Gasteiger partial charge in [0.25, 0.3) is 11.5 Å². The molecule has 3 amide bonds. The lowest BCUT2D eigenvalue weighted by atomic mass is 9.97. The van der Waals surface area contributed by atoms with E-state index in [4.69, 9.17) is 15.7 Å². The zero-order chi connectivity index (χ0) is 29.4. The van der Waals surface area contributed by atoms with Crippen LogP contribution < -0.4 is 21.5 Å². The first-order chi connectivity index (χ1) is 18.9. The van der Waals surface area contributed by atoms with Gasteiger partial charge in [0, 0.05) is 43.3 Å². The topological polar surface area (TPSA) is 162 Å². The van der Waals surface area contributed by atoms with Crippen LogP contribution in [0.5, 0.6) is 0 Å². The number of hydrogen-bond acceptors (Lipinski definition) is 8. The number of aryl methyl sites for hydroxylation is 1. The lowest BCUT2D eigenvalue weighted by Gasteiger charge is -2.23. The minimum absolute atomic E-state index is 0.0132. The standard InChI is InChI=1S/C28H33N5O7/c1-6-8-22(33-14-7-9-20(27(33)38)31-25(36)21-15-17(2)40-32-21)26(37)30-19(16-18-12-13-29-24(18)35)10-11-23(34)39-28(3,4)5/h1,7,9-11,14-15,18-19,22H,8,12-13,16H2,2-5H3,(H,29,35)(H,30,37)(H,31,36)/b11-10+/t18-,19+,22-/m0/s1. The maximum Gasteiger partial charge on any atom is 0.331 e. The van der Waals surface area contributed by atoms with Crippen LogP contribution in [0, 0.1) is 25.2 Å². The van der Waals surface area contributed by atoms with Crippen molar-refractivity contribution in [2.75, 3.05) is 11.9 Å². The maximum atomic E-state index is 13.5. The normalized spacial score (nSPS) is 16.6. The van der Waals surface area contributed by atoms with Gasteiger partial charge in [-0.2, -0.15) is 0 Å². The van der Waals surface area contributed by atoms with Gasteiger partial charge in [0.15, 0.2) is 5.69 Å². The van der Waals surface area contributed by atoms with Crippen LogP contribution in [0.4, 0.5) is 5.69 Å². The Hall–Kier alpha value is -4.66. The van der Waals surface area contributed by atoms with Crippen molar-refractivity contribution in [1.29, 1.82) is 0 Å². The number of hydrogen-bond donors (Lipinski definition) is 3. The highest BCUT2D eigenvalue weighted by molar-refractivity contribution is 6.02. The number of ether oxygens (including phenoxy) is 1. The number of anilines is 1. The van der Waals surface area contributed by atoms with E-state index in [1.807, 2.05) is 0 Å². The molecule has 0 aliphatic carbocycles. The molecule has 0 spiro atoms. The zero-order valence-corrected chi connectivity index (χ0v) is 22.9. The molecular weight excluding hydrogens is 518 g/mol. The third-order valence-electron chi connectivity index (χ3n) is 5.93. The van der Waals surface area contributed by atoms with Crippen LogP contribution in [0.15, 0.2) is 45.9 Å². The van der Waals surface area contributed by atoms with Crippen LogP contribution in [-0.2, 0) is 19.1 Å². The molecule has 3 rings (SSSR count). The van der Waals surface area contributed by atoms with Gasteiger partial charge in [-0.05, 0) is 52.7 Å². The Kier molecular flexibility index (Phi) is 9.66. The zero-order valence-electron chi connectivity index (χ0n) is 22.9. The summed E-state index contributed by atoms with van der Waals surface area (Å²) >= 11 is 0. The van der Waals surface area contributed by atoms with Crippen LogP contribution in [-0.4, -0.2) is 51.6 Å². The molecule has 40 heavy (non-hydrogen) atoms. The van der Waals surface area contributed by atoms with E-state index in [2.05, 4.69) is 27.0 Å². The van der Waals surface area contributed by atoms with Gasteiger partial charge >= 0.3 is 5.97 Å². The van der Waals surface area contributed by atoms with E-state index < -0.39 is 41.0 Å². The van der Waals surface area contributed by atoms with Gasteiger partial charge in [0.2, 0.25) is 11.8 Å². The highest BCUT2D eigenvalue weighted by Crippen LogP contribution is 2.19. The van der Waals surface area contributed by atoms with E-state index in [1.54, 1.807) is 27.7 Å². The predicted octanol–water partition coefficient (Wildman–Crippen LogP) is 1.87. The van der Waals surface area contributed by atoms with Gasteiger partial charge in [-0.1, -0.05) is 11.2 Å². The number of terminal acetylenes is 1. The third kappa shape index (κ3) is 8.17. The van der Waals surface area contributed by atoms with Gasteiger partial charge < -0.3 is 29.8 Å². The van der Waals surface area contributed by atoms with E-state index in [1.165, 1.54) is 36.5 Å². The van der Waals surface area contributed by atoms with Crippen LogP contribution in [0.25, 0.3) is 0 Å². The summed E-state index contributed by atoms with van der Waals surface area (Å²) in [6.45, 7) is 7.32. The van der Waals surface area contributed by atoms with Crippen LogP contribution in [0.1, 0.15) is 62.3 Å². The summed E-state index contributed by atoms with van der Waals surface area (Å²) in [7, 11) is 0. The van der Waals surface area contributed by atoms with Crippen molar-refractivity contribution >= 4 is 29.4 Å². The Morgan fingerprint density at radius 3 is 2.70 bits per heavy atom. The number of carbonyl (C=O) groups excluding carboxylic acids is 4. The number of amides is 3. The summed E-state index contributed by atoms with van der Waals surface area (Å²) in [6.07, 6.45) is 10.2. The quantitative estimate of drug-likeness (QED) is 0.229. The van der Waals surface area contributed by atoms with E-state index in [9.17, 15) is 24.0 Å². The van der Waals surface area contributed by atoms with Gasteiger partial charge in [0.05, 0.1) is 0 Å². The Bertz CT molecular complexity index is 1390. The lowest BCUT2D eigenvalue weighted by Crippen LogP contribution is -2.43. The molecule has 3 atom stereocenters. The molecule has 0 bridgehead atoms. The fourth-order valence-electron chi connectivity index (χ4n) is 4.11. The summed E-state index contributed by atoms with van der Waals surface area (Å²) < 4.78 is 11.3. The molecule has 12 nitrogen and oxygen atoms in total. The minimum Gasteiger partial charge on any atom is -0.457 e. The number of rotatable bonds is 10. The number of nitrogens with zero attached hydrogens (tertiary/aromatic N) is 2. The molecule has 3 heterocycles. The molecule has 0 saturated carbocycles. The lowest BCUT2D eigenvalue weighted by molar-refractivity contribution is -0.148. The molecule has 1 aliphatic rings. The predicted molar refractivity (Wildman–Crippen MR) is 145 cm³/mol. The van der Waals surface area contributed by atoms with Crippen molar-refractivity contribution < 1.29 is 28.4 Å². The average molecular weight is 552 g/mol. The fourth-order valence-corrected chi connectivity index (χ4v) is 4.11. The average Bonchev–Trinajstić information content (AvgIpc) is 3.49.